The van der Waals surface area contributed by atoms with Gasteiger partial charge in [-0.25, -0.2) is 4.39 Å². The van der Waals surface area contributed by atoms with Crippen molar-refractivity contribution in [3.63, 3.8) is 0 Å². The number of anilines is 1. The van der Waals surface area contributed by atoms with Crippen LogP contribution in [-0.2, 0) is 6.42 Å². The average Bonchev–Trinajstić information content (AvgIpc) is 2.72. The predicted octanol–water partition coefficient (Wildman–Crippen LogP) is 4.06. The van der Waals surface area contributed by atoms with E-state index in [0.717, 1.165) is 12.8 Å². The van der Waals surface area contributed by atoms with Crippen molar-refractivity contribution in [3.8, 4) is 11.1 Å². The Kier molecular flexibility index (Phi) is 3.87. The second-order valence-corrected chi connectivity index (χ2v) is 4.48. The highest BCUT2D eigenvalue weighted by atomic mass is 35.5. The number of aryl methyl sites for hydroxylation is 1. The van der Waals surface area contributed by atoms with Crippen LogP contribution in [0.2, 0.25) is 5.02 Å². The lowest BCUT2D eigenvalue weighted by molar-refractivity contribution is 0.426. The fraction of sp³-hybridized carbons (Fsp3) is 0.308. The van der Waals surface area contributed by atoms with Gasteiger partial charge in [0.15, 0.2) is 0 Å². The van der Waals surface area contributed by atoms with Crippen LogP contribution in [0.4, 0.5) is 10.3 Å². The molecule has 1 heterocycles. The molecule has 2 rings (SSSR count). The molecule has 3 nitrogen and oxygen atoms in total. The van der Waals surface area contributed by atoms with Crippen molar-refractivity contribution in [3.05, 3.63) is 34.7 Å². The first kappa shape index (κ1) is 12.9. The van der Waals surface area contributed by atoms with E-state index >= 15 is 0 Å². The Morgan fingerprint density at radius 2 is 2.22 bits per heavy atom. The summed E-state index contributed by atoms with van der Waals surface area (Å²) >= 11 is 5.77. The summed E-state index contributed by atoms with van der Waals surface area (Å²) in [4.78, 5) is 0. The average molecular weight is 269 g/mol. The zero-order chi connectivity index (χ0) is 13.1. The molecule has 1 aromatic heterocycles. The highest BCUT2D eigenvalue weighted by Gasteiger charge is 2.19. The number of hydrogen-bond donors (Lipinski definition) is 1. The molecule has 2 aromatic rings. The van der Waals surface area contributed by atoms with Crippen molar-refractivity contribution in [1.82, 2.24) is 5.16 Å². The molecule has 0 bridgehead atoms. The molecule has 5 heteroatoms. The molecule has 18 heavy (non-hydrogen) atoms. The molecule has 0 amide bonds. The first-order valence-electron chi connectivity index (χ1n) is 5.83. The van der Waals surface area contributed by atoms with Gasteiger partial charge in [-0.3, -0.25) is 0 Å². The predicted molar refractivity (Wildman–Crippen MR) is 69.9 cm³/mol. The van der Waals surface area contributed by atoms with Crippen LogP contribution >= 0.6 is 11.6 Å². The van der Waals surface area contributed by atoms with Gasteiger partial charge in [0.2, 0.25) is 5.88 Å². The van der Waals surface area contributed by atoms with Gasteiger partial charge in [-0.2, -0.15) is 0 Å². The second-order valence-electron chi connectivity index (χ2n) is 4.07. The van der Waals surface area contributed by atoms with Crippen LogP contribution < -0.4 is 5.73 Å². The van der Waals surface area contributed by atoms with Gasteiger partial charge in [-0.05, 0) is 18.9 Å². The number of nitrogen functional groups attached to an aromatic ring is 1. The molecule has 0 saturated heterocycles. The number of hydrogen-bond acceptors (Lipinski definition) is 3. The molecule has 0 radical (unpaired) electrons. The zero-order valence-electron chi connectivity index (χ0n) is 10.0. The fourth-order valence-electron chi connectivity index (χ4n) is 1.84. The third-order valence-electron chi connectivity index (χ3n) is 2.78. The van der Waals surface area contributed by atoms with Crippen molar-refractivity contribution < 1.29 is 8.91 Å². The van der Waals surface area contributed by atoms with Crippen LogP contribution in [0.5, 0.6) is 0 Å². The Labute approximate surface area is 110 Å². The van der Waals surface area contributed by atoms with Crippen LogP contribution in [0.15, 0.2) is 22.7 Å². The fourth-order valence-corrected chi connectivity index (χ4v) is 2.01. The Balaban J connectivity index is 2.49. The van der Waals surface area contributed by atoms with E-state index in [1.165, 1.54) is 6.07 Å². The third-order valence-corrected chi connectivity index (χ3v) is 3.07. The Morgan fingerprint density at radius 3 is 2.94 bits per heavy atom. The topological polar surface area (TPSA) is 52.0 Å². The van der Waals surface area contributed by atoms with Crippen LogP contribution in [0.25, 0.3) is 11.1 Å². The number of nitrogens with two attached hydrogens (primary N) is 1. The molecule has 0 saturated carbocycles. The normalized spacial score (nSPS) is 10.8. The molecule has 0 fully saturated rings. The Bertz CT molecular complexity index is 554. The standard InChI is InChI=1S/C13H14ClFN2O/c1-2-3-7-10-11(13(16)18-17-10)8-5-4-6-9(14)12(8)15/h4-6H,2-3,7,16H2,1H3. The van der Waals surface area contributed by atoms with Crippen LogP contribution in [0.1, 0.15) is 25.5 Å². The minimum atomic E-state index is -0.494. The van der Waals surface area contributed by atoms with E-state index in [1.807, 2.05) is 0 Å². The molecule has 0 atom stereocenters. The molecule has 1 aromatic carbocycles. The van der Waals surface area contributed by atoms with E-state index < -0.39 is 5.82 Å². The number of unbranched alkanes of at least 4 members (excludes halogenated alkanes) is 1. The first-order valence-corrected chi connectivity index (χ1v) is 6.21. The molecule has 0 aliphatic rings. The van der Waals surface area contributed by atoms with Crippen LogP contribution in [-0.4, -0.2) is 5.16 Å². The van der Waals surface area contributed by atoms with Crippen molar-refractivity contribution in [2.24, 2.45) is 0 Å². The van der Waals surface area contributed by atoms with Crippen molar-refractivity contribution in [1.29, 1.82) is 0 Å². The Morgan fingerprint density at radius 1 is 1.44 bits per heavy atom. The van der Waals surface area contributed by atoms with E-state index in [1.54, 1.807) is 12.1 Å². The van der Waals surface area contributed by atoms with Crippen molar-refractivity contribution in [2.45, 2.75) is 26.2 Å². The van der Waals surface area contributed by atoms with Crippen LogP contribution in [0, 0.1) is 5.82 Å². The summed E-state index contributed by atoms with van der Waals surface area (Å²) < 4.78 is 19.0. The van der Waals surface area contributed by atoms with Gasteiger partial charge in [-0.1, -0.05) is 42.2 Å². The van der Waals surface area contributed by atoms with Gasteiger partial charge in [0.05, 0.1) is 16.3 Å². The largest absolute Gasteiger partial charge is 0.367 e. The zero-order valence-corrected chi connectivity index (χ0v) is 10.8. The summed E-state index contributed by atoms with van der Waals surface area (Å²) in [5, 5.41) is 3.96. The molecular weight excluding hydrogens is 255 g/mol. The lowest BCUT2D eigenvalue weighted by Crippen LogP contribution is -1.94. The monoisotopic (exact) mass is 268 g/mol. The number of benzene rings is 1. The number of nitrogens with zero attached hydrogens (tertiary/aromatic N) is 1. The number of halogens is 2. The summed E-state index contributed by atoms with van der Waals surface area (Å²) in [6.45, 7) is 2.07. The third kappa shape index (κ3) is 2.34. The molecule has 0 unspecified atom stereocenters. The minimum Gasteiger partial charge on any atom is -0.367 e. The second kappa shape index (κ2) is 5.40. The van der Waals surface area contributed by atoms with Crippen molar-refractivity contribution in [2.75, 3.05) is 5.73 Å². The molecule has 2 N–H and O–H groups in total. The van der Waals surface area contributed by atoms with Gasteiger partial charge in [-0.15, -0.1) is 0 Å². The highest BCUT2D eigenvalue weighted by Crippen LogP contribution is 2.34. The van der Waals surface area contributed by atoms with Gasteiger partial charge in [0.25, 0.3) is 0 Å². The van der Waals surface area contributed by atoms with E-state index in [-0.39, 0.29) is 10.9 Å². The lowest BCUT2D eigenvalue weighted by atomic mass is 10.0. The summed E-state index contributed by atoms with van der Waals surface area (Å²) in [6.07, 6.45) is 2.67. The van der Waals surface area contributed by atoms with E-state index in [2.05, 4.69) is 12.1 Å². The van der Waals surface area contributed by atoms with E-state index in [9.17, 15) is 4.39 Å². The van der Waals surface area contributed by atoms with Gasteiger partial charge in [0, 0.05) is 5.56 Å². The molecular formula is C13H14ClFN2O. The van der Waals surface area contributed by atoms with E-state index in [0.29, 0.717) is 23.2 Å². The SMILES string of the molecule is CCCCc1noc(N)c1-c1cccc(Cl)c1F. The first-order chi connectivity index (χ1) is 8.65. The van der Waals surface area contributed by atoms with E-state index in [4.69, 9.17) is 21.9 Å². The number of aromatic nitrogens is 1. The molecule has 0 spiro atoms. The number of rotatable bonds is 4. The smallest absolute Gasteiger partial charge is 0.230 e. The molecule has 0 aliphatic carbocycles. The lowest BCUT2D eigenvalue weighted by Gasteiger charge is -2.04. The summed E-state index contributed by atoms with van der Waals surface area (Å²) in [5.74, 6) is -0.367. The molecule has 96 valence electrons. The van der Waals surface area contributed by atoms with Gasteiger partial charge < -0.3 is 10.3 Å². The maximum atomic E-state index is 14.0. The summed E-state index contributed by atoms with van der Waals surface area (Å²) in [7, 11) is 0. The summed E-state index contributed by atoms with van der Waals surface area (Å²) in [5.41, 5.74) is 7.26. The van der Waals surface area contributed by atoms with Gasteiger partial charge in [0.1, 0.15) is 5.82 Å². The quantitative estimate of drug-likeness (QED) is 0.910. The van der Waals surface area contributed by atoms with Gasteiger partial charge >= 0.3 is 0 Å². The highest BCUT2D eigenvalue weighted by molar-refractivity contribution is 6.31. The molecule has 0 aliphatic heterocycles. The Hall–Kier alpha value is -1.55. The van der Waals surface area contributed by atoms with Crippen molar-refractivity contribution >= 4 is 17.5 Å². The summed E-state index contributed by atoms with van der Waals surface area (Å²) in [6, 6.07) is 4.80. The maximum absolute atomic E-state index is 14.0. The van der Waals surface area contributed by atoms with Crippen LogP contribution in [0.3, 0.4) is 0 Å². The maximum Gasteiger partial charge on any atom is 0.230 e. The minimum absolute atomic E-state index is 0.0644.